The molecule has 0 aromatic heterocycles. The zero-order chi connectivity index (χ0) is 18.9. The Morgan fingerprint density at radius 2 is 1.31 bits per heavy atom. The van der Waals surface area contributed by atoms with Crippen LogP contribution in [0, 0.1) is 6.92 Å². The van der Waals surface area contributed by atoms with E-state index in [2.05, 4.69) is 83.4 Å². The van der Waals surface area contributed by atoms with Crippen molar-refractivity contribution in [3.05, 3.63) is 120 Å². The van der Waals surface area contributed by atoms with Crippen molar-refractivity contribution in [3.8, 4) is 0 Å². The van der Waals surface area contributed by atoms with E-state index in [-0.39, 0.29) is 24.8 Å². The molecule has 0 aliphatic carbocycles. The Bertz CT molecular complexity index is 1080. The van der Waals surface area contributed by atoms with Gasteiger partial charge in [-0.05, 0) is 0 Å². The molecule has 0 radical (unpaired) electrons. The molecular formula is C26H22Cl2Zr-2. The molecule has 0 atom stereocenters. The van der Waals surface area contributed by atoms with Crippen LogP contribution in [-0.2, 0) is 24.2 Å². The zero-order valence-corrected chi connectivity index (χ0v) is 20.2. The SMILES string of the molecule is Cc1cccc2c1[cH-]c1ccccc12.[Cl-].[Cl-].[Zr+2]=[CH]c1ccccc1.c1cc[cH-]c1. The van der Waals surface area contributed by atoms with Gasteiger partial charge in [0.2, 0.25) is 0 Å². The summed E-state index contributed by atoms with van der Waals surface area (Å²) in [7, 11) is 0. The molecule has 0 unspecified atom stereocenters. The summed E-state index contributed by atoms with van der Waals surface area (Å²) >= 11 is 1.46. The van der Waals surface area contributed by atoms with E-state index in [1.165, 1.54) is 56.9 Å². The van der Waals surface area contributed by atoms with Crippen LogP contribution >= 0.6 is 0 Å². The number of hydrogen-bond acceptors (Lipinski definition) is 0. The fraction of sp³-hybridized carbons (Fsp3) is 0.0385. The molecule has 0 heterocycles. The van der Waals surface area contributed by atoms with Crippen LogP contribution in [0.1, 0.15) is 11.1 Å². The summed E-state index contributed by atoms with van der Waals surface area (Å²) < 4.78 is 2.17. The number of halogens is 2. The van der Waals surface area contributed by atoms with Gasteiger partial charge in [0.1, 0.15) is 0 Å². The van der Waals surface area contributed by atoms with Crippen LogP contribution in [0.5, 0.6) is 0 Å². The van der Waals surface area contributed by atoms with Crippen molar-refractivity contribution in [2.75, 3.05) is 0 Å². The first-order valence-corrected chi connectivity index (χ1v) is 10.5. The predicted octanol–water partition coefficient (Wildman–Crippen LogP) is 0.818. The average Bonchev–Trinajstić information content (AvgIpc) is 3.42. The smallest absolute Gasteiger partial charge is 0.172 e. The summed E-state index contributed by atoms with van der Waals surface area (Å²) in [5.41, 5.74) is 2.68. The molecule has 0 bridgehead atoms. The molecule has 0 saturated carbocycles. The molecule has 0 aliphatic heterocycles. The van der Waals surface area contributed by atoms with Crippen LogP contribution in [0.25, 0.3) is 21.5 Å². The van der Waals surface area contributed by atoms with E-state index in [4.69, 9.17) is 0 Å². The Labute approximate surface area is 200 Å². The molecule has 146 valence electrons. The average molecular weight is 497 g/mol. The molecule has 0 amide bonds. The van der Waals surface area contributed by atoms with Crippen molar-refractivity contribution in [2.45, 2.75) is 6.92 Å². The molecule has 0 aliphatic rings. The monoisotopic (exact) mass is 494 g/mol. The Balaban J connectivity index is 0.000000240. The van der Waals surface area contributed by atoms with Gasteiger partial charge in [0, 0.05) is 0 Å². The molecular weight excluding hydrogens is 474 g/mol. The van der Waals surface area contributed by atoms with Gasteiger partial charge in [-0.25, -0.2) is 12.1 Å². The molecule has 5 rings (SSSR count). The molecule has 0 saturated heterocycles. The van der Waals surface area contributed by atoms with Gasteiger partial charge >= 0.3 is 63.8 Å². The fourth-order valence-electron chi connectivity index (χ4n) is 3.00. The summed E-state index contributed by atoms with van der Waals surface area (Å²) in [6.07, 6.45) is 0. The Kier molecular flexibility index (Phi) is 11.7. The first kappa shape index (κ1) is 25.2. The van der Waals surface area contributed by atoms with Crippen LogP contribution in [0.3, 0.4) is 0 Å². The second-order valence-corrected chi connectivity index (χ2v) is 6.99. The molecule has 5 aromatic carbocycles. The minimum Gasteiger partial charge on any atom is -0.214 e. The maximum Gasteiger partial charge on any atom is -0.172 e. The van der Waals surface area contributed by atoms with Gasteiger partial charge in [0.25, 0.3) is 0 Å². The summed E-state index contributed by atoms with van der Waals surface area (Å²) in [6.45, 7) is 2.17. The maximum absolute atomic E-state index is 2.28. The summed E-state index contributed by atoms with van der Waals surface area (Å²) in [4.78, 5) is 0. The number of benzene rings is 3. The van der Waals surface area contributed by atoms with Crippen molar-refractivity contribution in [1.29, 1.82) is 0 Å². The van der Waals surface area contributed by atoms with Gasteiger partial charge < -0.3 is 24.8 Å². The standard InChI is InChI=1S/C14H11.C7H6.C5H5.2ClH.Zr/c1-10-5-4-8-13-12-7-3-2-6-11(12)9-14(10)13;1-7-5-3-2-4-6-7;1-2-4-5-3-1;;;/h2-9H,1H3;1-6H;1-5H;2*1H;/q-1;;-1;;;+2/p-2. The first-order valence-electron chi connectivity index (χ1n) is 9.05. The molecule has 0 fully saturated rings. The van der Waals surface area contributed by atoms with Crippen molar-refractivity contribution < 1.29 is 49.0 Å². The largest absolute Gasteiger partial charge is 0.214 e. The van der Waals surface area contributed by atoms with Crippen molar-refractivity contribution in [1.82, 2.24) is 0 Å². The summed E-state index contributed by atoms with van der Waals surface area (Å²) in [6, 6.07) is 37.7. The number of rotatable bonds is 1. The Morgan fingerprint density at radius 1 is 0.690 bits per heavy atom. The van der Waals surface area contributed by atoms with E-state index in [1.807, 2.05) is 36.4 Å². The van der Waals surface area contributed by atoms with Gasteiger partial charge in [0.05, 0.1) is 0 Å². The van der Waals surface area contributed by atoms with Crippen LogP contribution < -0.4 is 24.8 Å². The molecule has 0 spiro atoms. The Morgan fingerprint density at radius 3 is 1.90 bits per heavy atom. The first-order chi connectivity index (χ1) is 13.3. The third kappa shape index (κ3) is 7.20. The summed E-state index contributed by atoms with van der Waals surface area (Å²) in [5.74, 6) is 0. The van der Waals surface area contributed by atoms with Crippen LogP contribution in [0.4, 0.5) is 0 Å². The normalized spacial score (nSPS) is 9.21. The van der Waals surface area contributed by atoms with Crippen LogP contribution in [-0.4, -0.2) is 3.71 Å². The molecule has 5 aromatic rings. The minimum absolute atomic E-state index is 0. The van der Waals surface area contributed by atoms with Gasteiger partial charge in [0.15, 0.2) is 0 Å². The summed E-state index contributed by atoms with van der Waals surface area (Å²) in [5, 5.41) is 5.47. The second-order valence-electron chi connectivity index (χ2n) is 6.29. The van der Waals surface area contributed by atoms with Crippen molar-refractivity contribution >= 4 is 25.3 Å². The van der Waals surface area contributed by atoms with E-state index in [0.717, 1.165) is 0 Å². The molecule has 29 heavy (non-hydrogen) atoms. The number of aryl methyl sites for hydroxylation is 1. The molecule has 0 nitrogen and oxygen atoms in total. The van der Waals surface area contributed by atoms with E-state index in [0.29, 0.717) is 0 Å². The minimum atomic E-state index is 0. The zero-order valence-electron chi connectivity index (χ0n) is 16.2. The van der Waals surface area contributed by atoms with Crippen molar-refractivity contribution in [2.24, 2.45) is 0 Å². The Hall–Kier alpha value is -1.79. The number of hydrogen-bond donors (Lipinski definition) is 0. The van der Waals surface area contributed by atoms with Gasteiger partial charge in [-0.2, -0.15) is 18.2 Å². The topological polar surface area (TPSA) is 0 Å². The van der Waals surface area contributed by atoms with Gasteiger partial charge in [-0.1, -0.05) is 43.3 Å². The third-order valence-electron chi connectivity index (χ3n) is 4.40. The van der Waals surface area contributed by atoms with E-state index in [9.17, 15) is 0 Å². The van der Waals surface area contributed by atoms with E-state index < -0.39 is 0 Å². The molecule has 0 N–H and O–H groups in total. The predicted molar refractivity (Wildman–Crippen MR) is 115 cm³/mol. The van der Waals surface area contributed by atoms with Crippen LogP contribution in [0.2, 0.25) is 0 Å². The fourth-order valence-corrected chi connectivity index (χ4v) is 3.47. The van der Waals surface area contributed by atoms with Gasteiger partial charge in [-0.15, -0.1) is 39.2 Å². The maximum atomic E-state index is 2.28. The van der Waals surface area contributed by atoms with Crippen molar-refractivity contribution in [3.63, 3.8) is 0 Å². The number of fused-ring (bicyclic) bond motifs is 3. The van der Waals surface area contributed by atoms with Crippen LogP contribution in [0.15, 0.2) is 109 Å². The molecule has 3 heteroatoms. The third-order valence-corrected chi connectivity index (χ3v) is 5.22. The van der Waals surface area contributed by atoms with E-state index in [1.54, 1.807) is 0 Å². The second kappa shape index (κ2) is 13.4. The van der Waals surface area contributed by atoms with E-state index >= 15 is 0 Å². The van der Waals surface area contributed by atoms with Gasteiger partial charge in [-0.3, -0.25) is 0 Å². The quantitative estimate of drug-likeness (QED) is 0.302.